The Morgan fingerprint density at radius 2 is 2.22 bits per heavy atom. The molecule has 0 unspecified atom stereocenters. The molecule has 0 spiro atoms. The third-order valence-electron chi connectivity index (χ3n) is 2.13. The summed E-state index contributed by atoms with van der Waals surface area (Å²) in [4.78, 5) is 0. The van der Waals surface area contributed by atoms with Gasteiger partial charge in [-0.25, -0.2) is 12.8 Å². The maximum absolute atomic E-state index is 12.9. The Kier molecular flexibility index (Phi) is 5.07. The van der Waals surface area contributed by atoms with Crippen LogP contribution in [0.3, 0.4) is 0 Å². The predicted molar refractivity (Wildman–Crippen MR) is 65.0 cm³/mol. The van der Waals surface area contributed by atoms with E-state index in [1.165, 1.54) is 13.2 Å². The largest absolute Gasteiger partial charge is 0.385 e. The van der Waals surface area contributed by atoms with Crippen LogP contribution in [0.5, 0.6) is 0 Å². The van der Waals surface area contributed by atoms with Crippen LogP contribution in [0.1, 0.15) is 12.0 Å². The molecule has 0 saturated carbocycles. The van der Waals surface area contributed by atoms with Gasteiger partial charge in [0, 0.05) is 13.7 Å². The Morgan fingerprint density at radius 3 is 2.83 bits per heavy atom. The van der Waals surface area contributed by atoms with Gasteiger partial charge >= 0.3 is 0 Å². The van der Waals surface area contributed by atoms with Crippen molar-refractivity contribution in [1.82, 2.24) is 0 Å². The van der Waals surface area contributed by atoms with E-state index in [0.717, 1.165) is 12.1 Å². The number of ether oxygens (including phenoxy) is 1. The van der Waals surface area contributed by atoms with Gasteiger partial charge < -0.3 is 4.74 Å². The Bertz CT molecular complexity index is 552. The number of anilines is 1. The number of hydrogen-bond donors (Lipinski definition) is 1. The predicted octanol–water partition coefficient (Wildman–Crippen LogP) is 1.48. The molecule has 1 aromatic carbocycles. The standard InChI is InChI=1S/C11H13FN2O3S/c1-17-5-2-6-18(15,16)14-11-4-3-10(12)7-9(11)8-13/h3-4,7,14H,2,5-6H2,1H3. The summed E-state index contributed by atoms with van der Waals surface area (Å²) >= 11 is 0. The molecule has 0 aliphatic heterocycles. The first-order valence-corrected chi connectivity index (χ1v) is 6.83. The zero-order valence-corrected chi connectivity index (χ0v) is 10.6. The molecule has 0 aliphatic carbocycles. The van der Waals surface area contributed by atoms with E-state index in [-0.39, 0.29) is 17.0 Å². The van der Waals surface area contributed by atoms with Crippen LogP contribution in [0, 0.1) is 17.1 Å². The van der Waals surface area contributed by atoms with E-state index in [9.17, 15) is 12.8 Å². The molecule has 5 nitrogen and oxygen atoms in total. The average Bonchev–Trinajstić information content (AvgIpc) is 2.31. The number of sulfonamides is 1. The topological polar surface area (TPSA) is 79.2 Å². The summed E-state index contributed by atoms with van der Waals surface area (Å²) in [6, 6.07) is 5.03. The van der Waals surface area contributed by atoms with Gasteiger partial charge in [0.2, 0.25) is 10.0 Å². The lowest BCUT2D eigenvalue weighted by atomic mass is 10.2. The number of hydrogen-bond acceptors (Lipinski definition) is 4. The smallest absolute Gasteiger partial charge is 0.232 e. The minimum absolute atomic E-state index is 0.0506. The highest BCUT2D eigenvalue weighted by Crippen LogP contribution is 2.17. The summed E-state index contributed by atoms with van der Waals surface area (Å²) in [7, 11) is -2.08. The summed E-state index contributed by atoms with van der Waals surface area (Å²) in [6.07, 6.45) is 0.342. The Morgan fingerprint density at radius 1 is 1.50 bits per heavy atom. The van der Waals surface area contributed by atoms with E-state index >= 15 is 0 Å². The van der Waals surface area contributed by atoms with E-state index in [4.69, 9.17) is 10.00 Å². The minimum atomic E-state index is -3.56. The van der Waals surface area contributed by atoms with Crippen molar-refractivity contribution in [2.45, 2.75) is 6.42 Å². The quantitative estimate of drug-likeness (QED) is 0.795. The van der Waals surface area contributed by atoms with Crippen molar-refractivity contribution in [3.05, 3.63) is 29.6 Å². The first kappa shape index (κ1) is 14.4. The Balaban J connectivity index is 2.81. The van der Waals surface area contributed by atoms with Crippen molar-refractivity contribution < 1.29 is 17.5 Å². The molecule has 1 aromatic rings. The lowest BCUT2D eigenvalue weighted by Crippen LogP contribution is -2.18. The fourth-order valence-corrected chi connectivity index (χ4v) is 2.42. The maximum atomic E-state index is 12.9. The summed E-state index contributed by atoms with van der Waals surface area (Å²) in [5.74, 6) is -0.711. The first-order valence-electron chi connectivity index (χ1n) is 5.17. The molecule has 0 fully saturated rings. The van der Waals surface area contributed by atoms with Crippen LogP contribution in [-0.4, -0.2) is 27.9 Å². The number of nitriles is 1. The molecular weight excluding hydrogens is 259 g/mol. The third-order valence-corrected chi connectivity index (χ3v) is 3.49. The SMILES string of the molecule is COCCCS(=O)(=O)Nc1ccc(F)cc1C#N. The Hall–Kier alpha value is -1.65. The molecular formula is C11H13FN2O3S. The molecule has 1 rings (SSSR count). The molecule has 0 amide bonds. The number of rotatable bonds is 6. The Labute approximate surface area is 105 Å². The monoisotopic (exact) mass is 272 g/mol. The highest BCUT2D eigenvalue weighted by atomic mass is 32.2. The van der Waals surface area contributed by atoms with Crippen molar-refractivity contribution in [1.29, 1.82) is 5.26 Å². The third kappa shape index (κ3) is 4.31. The van der Waals surface area contributed by atoms with Crippen LogP contribution in [0.15, 0.2) is 18.2 Å². The fourth-order valence-electron chi connectivity index (χ4n) is 1.31. The number of halogens is 1. The maximum Gasteiger partial charge on any atom is 0.232 e. The second-order valence-corrected chi connectivity index (χ2v) is 5.41. The fraction of sp³-hybridized carbons (Fsp3) is 0.364. The van der Waals surface area contributed by atoms with Crippen LogP contribution >= 0.6 is 0 Å². The summed E-state index contributed by atoms with van der Waals surface area (Å²) in [5, 5.41) is 8.78. The summed E-state index contributed by atoms with van der Waals surface area (Å²) in [5.41, 5.74) is 0.0293. The summed E-state index contributed by atoms with van der Waals surface area (Å²) in [6.45, 7) is 0.329. The van der Waals surface area contributed by atoms with Gasteiger partial charge in [-0.15, -0.1) is 0 Å². The highest BCUT2D eigenvalue weighted by Gasteiger charge is 2.13. The second-order valence-electron chi connectivity index (χ2n) is 3.57. The normalized spacial score (nSPS) is 10.9. The molecule has 0 heterocycles. The number of methoxy groups -OCH3 is 1. The first-order chi connectivity index (χ1) is 8.48. The van der Waals surface area contributed by atoms with Crippen molar-refractivity contribution in [2.75, 3.05) is 24.2 Å². The molecule has 98 valence electrons. The van der Waals surface area contributed by atoms with Crippen LogP contribution in [-0.2, 0) is 14.8 Å². The molecule has 18 heavy (non-hydrogen) atoms. The number of nitrogens with zero attached hydrogens (tertiary/aromatic N) is 1. The van der Waals surface area contributed by atoms with Gasteiger partial charge in [-0.2, -0.15) is 5.26 Å². The van der Waals surface area contributed by atoms with Gasteiger partial charge in [-0.1, -0.05) is 0 Å². The van der Waals surface area contributed by atoms with Crippen molar-refractivity contribution in [3.63, 3.8) is 0 Å². The van der Waals surface area contributed by atoms with Crippen molar-refractivity contribution >= 4 is 15.7 Å². The second kappa shape index (κ2) is 6.33. The van der Waals surface area contributed by atoms with E-state index in [0.29, 0.717) is 13.0 Å². The molecule has 0 saturated heterocycles. The molecule has 0 atom stereocenters. The van der Waals surface area contributed by atoms with Gasteiger partial charge in [-0.05, 0) is 24.6 Å². The van der Waals surface area contributed by atoms with Crippen LogP contribution in [0.25, 0.3) is 0 Å². The lowest BCUT2D eigenvalue weighted by molar-refractivity contribution is 0.199. The van der Waals surface area contributed by atoms with Crippen molar-refractivity contribution in [2.24, 2.45) is 0 Å². The van der Waals surface area contributed by atoms with Crippen LogP contribution < -0.4 is 4.72 Å². The van der Waals surface area contributed by atoms with E-state index < -0.39 is 15.8 Å². The molecule has 0 aromatic heterocycles. The van der Waals surface area contributed by atoms with Gasteiger partial charge in [-0.3, -0.25) is 4.72 Å². The van der Waals surface area contributed by atoms with E-state index in [1.807, 2.05) is 0 Å². The summed E-state index contributed by atoms with van der Waals surface area (Å²) < 4.78 is 43.2. The van der Waals surface area contributed by atoms with E-state index in [1.54, 1.807) is 6.07 Å². The zero-order valence-electron chi connectivity index (χ0n) is 9.81. The number of benzene rings is 1. The zero-order chi connectivity index (χ0) is 13.6. The van der Waals surface area contributed by atoms with Gasteiger partial charge in [0.05, 0.1) is 17.0 Å². The van der Waals surface area contributed by atoms with Crippen molar-refractivity contribution in [3.8, 4) is 6.07 Å². The molecule has 1 N–H and O–H groups in total. The minimum Gasteiger partial charge on any atom is -0.385 e. The van der Waals surface area contributed by atoms with Gasteiger partial charge in [0.1, 0.15) is 11.9 Å². The van der Waals surface area contributed by atoms with Crippen LogP contribution in [0.2, 0.25) is 0 Å². The molecule has 0 bridgehead atoms. The molecule has 0 aliphatic rings. The molecule has 7 heteroatoms. The van der Waals surface area contributed by atoms with E-state index in [2.05, 4.69) is 4.72 Å². The van der Waals surface area contributed by atoms with Gasteiger partial charge in [0.15, 0.2) is 0 Å². The van der Waals surface area contributed by atoms with Gasteiger partial charge in [0.25, 0.3) is 0 Å². The number of nitrogens with one attached hydrogen (secondary N) is 1. The van der Waals surface area contributed by atoms with Crippen LogP contribution in [0.4, 0.5) is 10.1 Å². The lowest BCUT2D eigenvalue weighted by Gasteiger charge is -2.09. The molecule has 0 radical (unpaired) electrons. The average molecular weight is 272 g/mol. The highest BCUT2D eigenvalue weighted by molar-refractivity contribution is 7.92.